The van der Waals surface area contributed by atoms with Crippen LogP contribution in [0.25, 0.3) is 0 Å². The van der Waals surface area contributed by atoms with Crippen LogP contribution in [0.5, 0.6) is 0 Å². The predicted molar refractivity (Wildman–Crippen MR) is 72.3 cm³/mol. The number of nitrogens with zero attached hydrogens (tertiary/aromatic N) is 1. The van der Waals surface area contributed by atoms with Crippen molar-refractivity contribution < 1.29 is 9.90 Å². The lowest BCUT2D eigenvalue weighted by Crippen LogP contribution is -2.22. The molecule has 1 heterocycles. The van der Waals surface area contributed by atoms with E-state index in [1.54, 1.807) is 0 Å². The fraction of sp³-hybridized carbons (Fsp3) is 0.533. The van der Waals surface area contributed by atoms with Crippen LogP contribution in [0, 0.1) is 0 Å². The van der Waals surface area contributed by atoms with Crippen LogP contribution in [0.3, 0.4) is 0 Å². The van der Waals surface area contributed by atoms with Gasteiger partial charge in [0, 0.05) is 17.3 Å². The summed E-state index contributed by atoms with van der Waals surface area (Å²) >= 11 is 0. The van der Waals surface area contributed by atoms with E-state index in [1.165, 1.54) is 15.7 Å². The highest BCUT2D eigenvalue weighted by Crippen LogP contribution is 2.32. The van der Waals surface area contributed by atoms with E-state index in [-0.39, 0.29) is 5.41 Å². The van der Waals surface area contributed by atoms with Crippen LogP contribution in [0.15, 0.2) is 18.3 Å². The van der Waals surface area contributed by atoms with Crippen molar-refractivity contribution in [3.63, 3.8) is 0 Å². The number of fused-ring (bicyclic) bond motifs is 1. The van der Waals surface area contributed by atoms with Gasteiger partial charge in [0.05, 0.1) is 0 Å². The maximum absolute atomic E-state index is 11.4. The van der Waals surface area contributed by atoms with Gasteiger partial charge in [-0.2, -0.15) is 0 Å². The van der Waals surface area contributed by atoms with E-state index in [0.29, 0.717) is 0 Å². The number of carboxylic acid groups (broad SMARTS) is 1. The first kappa shape index (κ1) is 12.9. The third-order valence-electron chi connectivity index (χ3n) is 3.42. The minimum Gasteiger partial charge on any atom is -0.464 e. The predicted octanol–water partition coefficient (Wildman–Crippen LogP) is 3.75. The molecule has 0 fully saturated rings. The van der Waals surface area contributed by atoms with E-state index in [2.05, 4.69) is 32.9 Å². The van der Waals surface area contributed by atoms with Gasteiger partial charge in [-0.1, -0.05) is 32.9 Å². The molecule has 18 heavy (non-hydrogen) atoms. The van der Waals surface area contributed by atoms with Gasteiger partial charge in [0.1, 0.15) is 0 Å². The molecule has 0 saturated carbocycles. The average Bonchev–Trinajstić information content (AvgIpc) is 2.55. The molecule has 0 spiro atoms. The van der Waals surface area contributed by atoms with Crippen molar-refractivity contribution in [3.8, 4) is 0 Å². The second-order valence-electron chi connectivity index (χ2n) is 5.93. The highest BCUT2D eigenvalue weighted by Gasteiger charge is 2.27. The lowest BCUT2D eigenvalue weighted by Gasteiger charge is -2.22. The van der Waals surface area contributed by atoms with Gasteiger partial charge in [0.25, 0.3) is 0 Å². The maximum atomic E-state index is 11.4. The number of aromatic nitrogens is 1. The molecule has 2 rings (SSSR count). The molecule has 98 valence electrons. The van der Waals surface area contributed by atoms with Crippen LogP contribution in [-0.2, 0) is 18.3 Å². The molecule has 0 saturated heterocycles. The summed E-state index contributed by atoms with van der Waals surface area (Å²) in [4.78, 5) is 11.4. The van der Waals surface area contributed by atoms with E-state index < -0.39 is 6.09 Å². The molecule has 0 atom stereocenters. The van der Waals surface area contributed by atoms with Crippen molar-refractivity contribution in [3.05, 3.63) is 35.2 Å². The molecule has 1 aliphatic rings. The molecule has 3 nitrogen and oxygen atoms in total. The van der Waals surface area contributed by atoms with Gasteiger partial charge in [0.2, 0.25) is 0 Å². The first-order valence-corrected chi connectivity index (χ1v) is 6.53. The van der Waals surface area contributed by atoms with Gasteiger partial charge >= 0.3 is 6.09 Å². The van der Waals surface area contributed by atoms with Gasteiger partial charge in [-0.15, -0.1) is 0 Å². The first-order chi connectivity index (χ1) is 8.41. The second kappa shape index (κ2) is 4.63. The second-order valence-corrected chi connectivity index (χ2v) is 5.93. The molecule has 0 aromatic carbocycles. The monoisotopic (exact) mass is 247 g/mol. The van der Waals surface area contributed by atoms with E-state index >= 15 is 0 Å². The number of aryl methyl sites for hydroxylation is 1. The van der Waals surface area contributed by atoms with Gasteiger partial charge < -0.3 is 5.11 Å². The Bertz CT molecular complexity index is 489. The van der Waals surface area contributed by atoms with Crippen LogP contribution < -0.4 is 0 Å². The molecule has 0 amide bonds. The Morgan fingerprint density at radius 3 is 2.39 bits per heavy atom. The van der Waals surface area contributed by atoms with Crippen LogP contribution >= 0.6 is 0 Å². The Morgan fingerprint density at radius 2 is 1.83 bits per heavy atom. The Balaban J connectivity index is 2.58. The van der Waals surface area contributed by atoms with Crippen molar-refractivity contribution in [1.82, 2.24) is 4.57 Å². The molecule has 0 bridgehead atoms. The Hall–Kier alpha value is -1.51. The van der Waals surface area contributed by atoms with Crippen molar-refractivity contribution >= 4 is 6.09 Å². The summed E-state index contributed by atoms with van der Waals surface area (Å²) < 4.78 is 1.43. The highest BCUT2D eigenvalue weighted by atomic mass is 16.4. The lowest BCUT2D eigenvalue weighted by molar-refractivity contribution is 0.194. The Kier molecular flexibility index (Phi) is 3.33. The van der Waals surface area contributed by atoms with Crippen LogP contribution in [0.1, 0.15) is 50.4 Å². The topological polar surface area (TPSA) is 42.2 Å². The number of hydrogen-bond donors (Lipinski definition) is 1. The summed E-state index contributed by atoms with van der Waals surface area (Å²) in [6, 6.07) is 0. The van der Waals surface area contributed by atoms with Crippen molar-refractivity contribution in [2.45, 2.75) is 51.9 Å². The van der Waals surface area contributed by atoms with Gasteiger partial charge in [0.15, 0.2) is 0 Å². The molecule has 0 radical (unpaired) electrons. The summed E-state index contributed by atoms with van der Waals surface area (Å²) in [6.45, 7) is 6.24. The molecule has 0 aliphatic heterocycles. The Labute approximate surface area is 108 Å². The molecule has 1 aromatic rings. The van der Waals surface area contributed by atoms with Crippen molar-refractivity contribution in [2.75, 3.05) is 0 Å². The number of rotatable bonds is 0. The van der Waals surface area contributed by atoms with Crippen molar-refractivity contribution in [1.29, 1.82) is 0 Å². The van der Waals surface area contributed by atoms with E-state index in [0.717, 1.165) is 31.4 Å². The zero-order chi connectivity index (χ0) is 13.3. The zero-order valence-corrected chi connectivity index (χ0v) is 11.4. The van der Waals surface area contributed by atoms with Gasteiger partial charge in [-0.25, -0.2) is 4.79 Å². The molecule has 0 unspecified atom stereocenters. The van der Waals surface area contributed by atoms with Crippen LogP contribution in [-0.4, -0.2) is 15.8 Å². The van der Waals surface area contributed by atoms with E-state index in [9.17, 15) is 9.90 Å². The minimum absolute atomic E-state index is 0.144. The normalized spacial score (nSPS) is 15.9. The van der Waals surface area contributed by atoms with E-state index in [4.69, 9.17) is 0 Å². The third-order valence-corrected chi connectivity index (χ3v) is 3.42. The highest BCUT2D eigenvalue weighted by molar-refractivity contribution is 5.71. The summed E-state index contributed by atoms with van der Waals surface area (Å²) in [5, 5.41) is 9.37. The maximum Gasteiger partial charge on any atom is 0.415 e. The van der Waals surface area contributed by atoms with E-state index in [1.807, 2.05) is 6.20 Å². The minimum atomic E-state index is -0.875. The quantitative estimate of drug-likeness (QED) is 0.709. The van der Waals surface area contributed by atoms with Crippen LogP contribution in [0.2, 0.25) is 0 Å². The summed E-state index contributed by atoms with van der Waals surface area (Å²) in [7, 11) is 0. The zero-order valence-electron chi connectivity index (χ0n) is 11.4. The molecular formula is C15H21NO2. The number of hydrogen-bond acceptors (Lipinski definition) is 1. The fourth-order valence-corrected chi connectivity index (χ4v) is 2.76. The molecule has 1 aliphatic carbocycles. The Morgan fingerprint density at radius 1 is 1.22 bits per heavy atom. The van der Waals surface area contributed by atoms with Crippen molar-refractivity contribution in [2.24, 2.45) is 0 Å². The van der Waals surface area contributed by atoms with Gasteiger partial charge in [-0.3, -0.25) is 4.57 Å². The third kappa shape index (κ3) is 2.35. The standard InChI is InChI=1S/C15H21NO2/c1-15(2,3)13-12-9-7-5-4-6-8-11(12)10-16(13)14(17)18/h4-5,10H,6-9H2,1-3H3,(H,17,18). The fourth-order valence-electron chi connectivity index (χ4n) is 2.76. The SMILES string of the molecule is CC(C)(C)c1c2c(cn1C(=O)O)CCC=CCC2. The van der Waals surface area contributed by atoms with Crippen LogP contribution in [0.4, 0.5) is 4.79 Å². The molecular weight excluding hydrogens is 226 g/mol. The lowest BCUT2D eigenvalue weighted by atomic mass is 9.86. The van der Waals surface area contributed by atoms with Gasteiger partial charge in [-0.05, 0) is 36.8 Å². The average molecular weight is 247 g/mol. The summed E-state index contributed by atoms with van der Waals surface area (Å²) in [5.74, 6) is 0. The summed E-state index contributed by atoms with van der Waals surface area (Å²) in [5.41, 5.74) is 3.26. The summed E-state index contributed by atoms with van der Waals surface area (Å²) in [6.07, 6.45) is 9.22. The number of allylic oxidation sites excluding steroid dienone is 2. The molecule has 1 aromatic heterocycles. The first-order valence-electron chi connectivity index (χ1n) is 6.53. The molecule has 3 heteroatoms. The number of carbonyl (C=O) groups is 1. The smallest absolute Gasteiger partial charge is 0.415 e. The largest absolute Gasteiger partial charge is 0.464 e. The molecule has 1 N–H and O–H groups in total.